The van der Waals surface area contributed by atoms with Crippen LogP contribution in [0.15, 0.2) is 29.8 Å². The third kappa shape index (κ3) is 2.37. The lowest BCUT2D eigenvalue weighted by Gasteiger charge is -2.24. The summed E-state index contributed by atoms with van der Waals surface area (Å²) in [7, 11) is 0. The summed E-state index contributed by atoms with van der Waals surface area (Å²) in [4.78, 5) is 3.71. The van der Waals surface area contributed by atoms with Gasteiger partial charge in [0, 0.05) is 23.0 Å². The minimum atomic E-state index is 0.512. The first-order valence-corrected chi connectivity index (χ1v) is 7.06. The highest BCUT2D eigenvalue weighted by Crippen LogP contribution is 2.33. The molecule has 0 aromatic carbocycles. The number of anilines is 1. The molecule has 1 fully saturated rings. The molecule has 2 heterocycles. The van der Waals surface area contributed by atoms with Gasteiger partial charge in [-0.3, -0.25) is 0 Å². The van der Waals surface area contributed by atoms with E-state index in [0.717, 1.165) is 17.9 Å². The van der Waals surface area contributed by atoms with E-state index in [-0.39, 0.29) is 0 Å². The second-order valence-electron chi connectivity index (χ2n) is 4.52. The smallest absolute Gasteiger partial charge is 0.156 e. The van der Waals surface area contributed by atoms with Gasteiger partial charge in [0.1, 0.15) is 0 Å². The maximum Gasteiger partial charge on any atom is 0.156 e. The number of nitrogens with two attached hydrogens (primary N) is 1. The maximum atomic E-state index is 5.79. The van der Waals surface area contributed by atoms with E-state index in [1.54, 1.807) is 17.5 Å². The molecule has 1 aliphatic carbocycles. The Kier molecular flexibility index (Phi) is 3.25. The first kappa shape index (κ1) is 11.6. The third-order valence-corrected chi connectivity index (χ3v) is 4.03. The molecule has 0 saturated heterocycles. The van der Waals surface area contributed by atoms with Gasteiger partial charge in [-0.2, -0.15) is 5.10 Å². The summed E-state index contributed by atoms with van der Waals surface area (Å²) < 4.78 is 0. The molecule has 1 saturated carbocycles. The van der Waals surface area contributed by atoms with Gasteiger partial charge in [-0.15, -0.1) is 16.4 Å². The van der Waals surface area contributed by atoms with E-state index in [4.69, 9.17) is 5.73 Å². The molecule has 4 nitrogen and oxygen atoms in total. The summed E-state index contributed by atoms with van der Waals surface area (Å²) in [5, 5.41) is 10.4. The van der Waals surface area contributed by atoms with Crippen molar-refractivity contribution >= 4 is 17.2 Å². The van der Waals surface area contributed by atoms with Gasteiger partial charge in [-0.1, -0.05) is 6.07 Å². The highest BCUT2D eigenvalue weighted by Gasteiger charge is 2.31. The molecule has 3 rings (SSSR count). The normalized spacial score (nSPS) is 14.7. The average molecular weight is 260 g/mol. The molecule has 18 heavy (non-hydrogen) atoms. The molecule has 0 aliphatic heterocycles. The Morgan fingerprint density at radius 1 is 1.39 bits per heavy atom. The van der Waals surface area contributed by atoms with Crippen molar-refractivity contribution in [2.45, 2.75) is 32.0 Å². The molecule has 0 amide bonds. The van der Waals surface area contributed by atoms with Crippen LogP contribution < -0.4 is 10.6 Å². The van der Waals surface area contributed by atoms with E-state index < -0.39 is 0 Å². The van der Waals surface area contributed by atoms with Crippen LogP contribution in [0, 0.1) is 0 Å². The molecule has 0 radical (unpaired) electrons. The molecule has 5 heteroatoms. The van der Waals surface area contributed by atoms with E-state index in [2.05, 4.69) is 32.6 Å². The average Bonchev–Trinajstić information content (AvgIpc) is 3.13. The Bertz CT molecular complexity index is 507. The predicted octanol–water partition coefficient (Wildman–Crippen LogP) is 2.17. The van der Waals surface area contributed by atoms with Crippen molar-refractivity contribution in [1.29, 1.82) is 0 Å². The molecule has 0 bridgehead atoms. The summed E-state index contributed by atoms with van der Waals surface area (Å²) >= 11 is 1.78. The van der Waals surface area contributed by atoms with Crippen molar-refractivity contribution in [3.8, 4) is 0 Å². The Morgan fingerprint density at radius 2 is 2.28 bits per heavy atom. The minimum Gasteiger partial charge on any atom is -0.347 e. The van der Waals surface area contributed by atoms with E-state index in [1.807, 2.05) is 6.07 Å². The van der Waals surface area contributed by atoms with Gasteiger partial charge in [-0.25, -0.2) is 0 Å². The van der Waals surface area contributed by atoms with Crippen molar-refractivity contribution in [3.05, 3.63) is 40.2 Å². The van der Waals surface area contributed by atoms with E-state index in [0.29, 0.717) is 12.6 Å². The standard InChI is InChI=1S/C13H16N4S/c14-8-10-5-6-15-16-13(10)17(11-3-4-11)9-12-2-1-7-18-12/h1-2,5-7,11H,3-4,8-9,14H2. The fourth-order valence-electron chi connectivity index (χ4n) is 2.08. The molecule has 0 atom stereocenters. The summed E-state index contributed by atoms with van der Waals surface area (Å²) in [5.74, 6) is 0.955. The van der Waals surface area contributed by atoms with Crippen molar-refractivity contribution in [2.75, 3.05) is 4.90 Å². The van der Waals surface area contributed by atoms with Crippen molar-refractivity contribution in [3.63, 3.8) is 0 Å². The Morgan fingerprint density at radius 3 is 2.94 bits per heavy atom. The molecular formula is C13H16N4S. The number of hydrogen-bond acceptors (Lipinski definition) is 5. The molecule has 0 unspecified atom stereocenters. The minimum absolute atomic E-state index is 0.512. The lowest BCUT2D eigenvalue weighted by Crippen LogP contribution is -2.27. The van der Waals surface area contributed by atoms with Gasteiger partial charge in [-0.05, 0) is 30.4 Å². The van der Waals surface area contributed by atoms with Gasteiger partial charge >= 0.3 is 0 Å². The topological polar surface area (TPSA) is 55.0 Å². The van der Waals surface area contributed by atoms with Crippen molar-refractivity contribution in [2.24, 2.45) is 5.73 Å². The van der Waals surface area contributed by atoms with E-state index >= 15 is 0 Å². The van der Waals surface area contributed by atoms with Crippen LogP contribution in [0.2, 0.25) is 0 Å². The van der Waals surface area contributed by atoms with Crippen molar-refractivity contribution < 1.29 is 0 Å². The van der Waals surface area contributed by atoms with E-state index in [1.165, 1.54) is 17.7 Å². The van der Waals surface area contributed by atoms with Crippen LogP contribution in [0.5, 0.6) is 0 Å². The molecule has 2 aromatic heterocycles. The number of rotatable bonds is 5. The SMILES string of the molecule is NCc1ccnnc1N(Cc1cccs1)C1CC1. The number of nitrogens with zero attached hydrogens (tertiary/aromatic N) is 3. The molecule has 2 N–H and O–H groups in total. The van der Waals surface area contributed by atoms with Crippen LogP contribution >= 0.6 is 11.3 Å². The largest absolute Gasteiger partial charge is 0.347 e. The molecule has 94 valence electrons. The second kappa shape index (κ2) is 5.04. The highest BCUT2D eigenvalue weighted by atomic mass is 32.1. The van der Waals surface area contributed by atoms with Gasteiger partial charge in [0.25, 0.3) is 0 Å². The van der Waals surface area contributed by atoms with Crippen LogP contribution in [-0.4, -0.2) is 16.2 Å². The molecule has 2 aromatic rings. The van der Waals surface area contributed by atoms with Gasteiger partial charge in [0.05, 0.1) is 12.7 Å². The Balaban J connectivity index is 1.89. The van der Waals surface area contributed by atoms with Crippen molar-refractivity contribution in [1.82, 2.24) is 10.2 Å². The number of aromatic nitrogens is 2. The summed E-state index contributed by atoms with van der Waals surface area (Å²) in [6, 6.07) is 6.82. The Hall–Kier alpha value is -1.46. The molecular weight excluding hydrogens is 244 g/mol. The fraction of sp³-hybridized carbons (Fsp3) is 0.385. The summed E-state index contributed by atoms with van der Waals surface area (Å²) in [6.45, 7) is 1.42. The van der Waals surface area contributed by atoms with Gasteiger partial charge in [0.2, 0.25) is 0 Å². The number of hydrogen-bond donors (Lipinski definition) is 1. The van der Waals surface area contributed by atoms with Crippen LogP contribution in [0.3, 0.4) is 0 Å². The zero-order chi connectivity index (χ0) is 12.4. The maximum absolute atomic E-state index is 5.79. The van der Waals surface area contributed by atoms with E-state index in [9.17, 15) is 0 Å². The lowest BCUT2D eigenvalue weighted by molar-refractivity contribution is 0.759. The zero-order valence-electron chi connectivity index (χ0n) is 10.1. The predicted molar refractivity (Wildman–Crippen MR) is 73.4 cm³/mol. The monoisotopic (exact) mass is 260 g/mol. The van der Waals surface area contributed by atoms with Crippen LogP contribution in [0.1, 0.15) is 23.3 Å². The molecule has 0 spiro atoms. The van der Waals surface area contributed by atoms with Crippen LogP contribution in [0.25, 0.3) is 0 Å². The first-order chi connectivity index (χ1) is 8.88. The van der Waals surface area contributed by atoms with Crippen LogP contribution in [0.4, 0.5) is 5.82 Å². The summed E-state index contributed by atoms with van der Waals surface area (Å²) in [5.41, 5.74) is 6.87. The zero-order valence-corrected chi connectivity index (χ0v) is 10.9. The number of thiophene rings is 1. The fourth-order valence-corrected chi connectivity index (χ4v) is 2.79. The molecule has 1 aliphatic rings. The highest BCUT2D eigenvalue weighted by molar-refractivity contribution is 7.09. The van der Waals surface area contributed by atoms with Gasteiger partial charge < -0.3 is 10.6 Å². The lowest BCUT2D eigenvalue weighted by atomic mass is 10.2. The third-order valence-electron chi connectivity index (χ3n) is 3.17. The second-order valence-corrected chi connectivity index (χ2v) is 5.55. The summed E-state index contributed by atoms with van der Waals surface area (Å²) in [6.07, 6.45) is 4.19. The Labute approximate surface area is 110 Å². The quantitative estimate of drug-likeness (QED) is 0.895. The van der Waals surface area contributed by atoms with Gasteiger partial charge in [0.15, 0.2) is 5.82 Å². The van der Waals surface area contributed by atoms with Crippen LogP contribution in [-0.2, 0) is 13.1 Å². The first-order valence-electron chi connectivity index (χ1n) is 6.18.